The molecule has 152 valence electrons. The summed E-state index contributed by atoms with van der Waals surface area (Å²) < 4.78 is 44.5. The lowest BCUT2D eigenvalue weighted by molar-refractivity contribution is -0.137. The van der Waals surface area contributed by atoms with Crippen LogP contribution in [0.2, 0.25) is 0 Å². The maximum atomic E-state index is 12.9. The number of phenols is 1. The fourth-order valence-corrected chi connectivity index (χ4v) is 3.56. The molecule has 3 heterocycles. The largest absolute Gasteiger partial charge is 0.507 e. The summed E-state index contributed by atoms with van der Waals surface area (Å²) in [5.41, 5.74) is -0.111. The van der Waals surface area contributed by atoms with Crippen LogP contribution in [0, 0.1) is 0 Å². The number of morpholine rings is 1. The van der Waals surface area contributed by atoms with E-state index in [0.717, 1.165) is 6.07 Å². The van der Waals surface area contributed by atoms with E-state index in [9.17, 15) is 18.3 Å². The first kappa shape index (κ1) is 19.3. The average Bonchev–Trinajstić information content (AvgIpc) is 2.66. The second-order valence-electron chi connectivity index (χ2n) is 7.06. The molecular weight excluding hydrogens is 387 g/mol. The van der Waals surface area contributed by atoms with E-state index in [4.69, 9.17) is 4.74 Å². The van der Waals surface area contributed by atoms with Crippen molar-refractivity contribution in [3.05, 3.63) is 36.0 Å². The third-order valence-electron chi connectivity index (χ3n) is 4.73. The number of ether oxygens (including phenoxy) is 1. The van der Waals surface area contributed by atoms with E-state index >= 15 is 0 Å². The maximum absolute atomic E-state index is 12.9. The van der Waals surface area contributed by atoms with Gasteiger partial charge in [0.25, 0.3) is 0 Å². The zero-order chi connectivity index (χ0) is 20.8. The molecule has 0 bridgehead atoms. The molecule has 0 saturated carbocycles. The molecule has 2 aromatic heterocycles. The lowest BCUT2D eigenvalue weighted by atomic mass is 10.0. The standard InChI is InChI=1S/C19H18F3N5O2/c1-10-8-27(9-11(2)29-10)18-17-14(5-6-23-24-17)16(25-26-18)13-4-3-12(7-15(13)28)19(20,21)22/h3-7,10-11,28H,8-9H2,1-2H3/t10-,11+. The van der Waals surface area contributed by atoms with E-state index in [1.54, 1.807) is 6.07 Å². The minimum Gasteiger partial charge on any atom is -0.507 e. The van der Waals surface area contributed by atoms with Crippen molar-refractivity contribution in [2.75, 3.05) is 18.0 Å². The van der Waals surface area contributed by atoms with Crippen molar-refractivity contribution < 1.29 is 23.0 Å². The minimum absolute atomic E-state index is 0.00842. The predicted molar refractivity (Wildman–Crippen MR) is 99.5 cm³/mol. The van der Waals surface area contributed by atoms with Crippen LogP contribution in [-0.2, 0) is 10.9 Å². The molecule has 1 N–H and O–H groups in total. The number of fused-ring (bicyclic) bond motifs is 1. The van der Waals surface area contributed by atoms with E-state index in [0.29, 0.717) is 35.9 Å². The lowest BCUT2D eigenvalue weighted by Gasteiger charge is -2.36. The molecule has 0 unspecified atom stereocenters. The highest BCUT2D eigenvalue weighted by atomic mass is 19.4. The Labute approximate surface area is 164 Å². The Balaban J connectivity index is 1.82. The van der Waals surface area contributed by atoms with Gasteiger partial charge in [-0.1, -0.05) is 0 Å². The Kier molecular flexibility index (Phi) is 4.73. The van der Waals surface area contributed by atoms with Crippen molar-refractivity contribution >= 4 is 16.7 Å². The van der Waals surface area contributed by atoms with E-state index in [1.807, 2.05) is 18.7 Å². The molecule has 0 radical (unpaired) electrons. The molecule has 1 fully saturated rings. The van der Waals surface area contributed by atoms with E-state index < -0.39 is 17.5 Å². The van der Waals surface area contributed by atoms with Crippen LogP contribution in [0.15, 0.2) is 30.5 Å². The Hall–Kier alpha value is -3.01. The number of halogens is 3. The zero-order valence-electron chi connectivity index (χ0n) is 15.7. The first-order valence-electron chi connectivity index (χ1n) is 9.03. The Morgan fingerprint density at radius 3 is 2.45 bits per heavy atom. The number of nitrogens with zero attached hydrogens (tertiary/aromatic N) is 5. The summed E-state index contributed by atoms with van der Waals surface area (Å²) in [6.45, 7) is 5.10. The number of alkyl halides is 3. The molecule has 29 heavy (non-hydrogen) atoms. The first-order valence-corrected chi connectivity index (χ1v) is 9.03. The van der Waals surface area contributed by atoms with Gasteiger partial charge in [-0.2, -0.15) is 18.3 Å². The van der Waals surface area contributed by atoms with Crippen LogP contribution >= 0.6 is 0 Å². The normalized spacial score (nSPS) is 20.2. The lowest BCUT2D eigenvalue weighted by Crippen LogP contribution is -2.46. The van der Waals surface area contributed by atoms with Gasteiger partial charge in [0.05, 0.1) is 24.0 Å². The molecule has 0 amide bonds. The SMILES string of the molecule is C[C@@H]1CN(c2nnc(-c3ccc(C(F)(F)F)cc3O)c3ccnnc23)C[C@H](C)O1. The van der Waals surface area contributed by atoms with Gasteiger partial charge in [0.1, 0.15) is 17.0 Å². The maximum Gasteiger partial charge on any atom is 0.416 e. The van der Waals surface area contributed by atoms with Gasteiger partial charge in [0.2, 0.25) is 0 Å². The van der Waals surface area contributed by atoms with Crippen molar-refractivity contribution in [2.45, 2.75) is 32.2 Å². The number of aromatic hydroxyl groups is 1. The molecule has 4 rings (SSSR count). The molecule has 1 saturated heterocycles. The quantitative estimate of drug-likeness (QED) is 0.699. The van der Waals surface area contributed by atoms with Crippen LogP contribution in [0.25, 0.3) is 22.2 Å². The Morgan fingerprint density at radius 1 is 1.07 bits per heavy atom. The highest BCUT2D eigenvalue weighted by Crippen LogP contribution is 2.38. The number of aromatic nitrogens is 4. The number of phenolic OH excluding ortho intramolecular Hbond substituents is 1. The molecule has 10 heteroatoms. The minimum atomic E-state index is -4.55. The fraction of sp³-hybridized carbons (Fsp3) is 0.368. The summed E-state index contributed by atoms with van der Waals surface area (Å²) in [6.07, 6.45) is -3.11. The molecular formula is C19H18F3N5O2. The second-order valence-corrected chi connectivity index (χ2v) is 7.06. The van der Waals surface area contributed by atoms with Gasteiger partial charge in [-0.15, -0.1) is 15.3 Å². The molecule has 0 spiro atoms. The van der Waals surface area contributed by atoms with E-state index in [-0.39, 0.29) is 23.5 Å². The predicted octanol–water partition coefficient (Wildman–Crippen LogP) is 3.42. The van der Waals surface area contributed by atoms with Gasteiger partial charge >= 0.3 is 6.18 Å². The molecule has 7 nitrogen and oxygen atoms in total. The van der Waals surface area contributed by atoms with Crippen LogP contribution in [0.5, 0.6) is 5.75 Å². The van der Waals surface area contributed by atoms with Gasteiger partial charge in [-0.3, -0.25) is 0 Å². The van der Waals surface area contributed by atoms with E-state index in [2.05, 4.69) is 20.4 Å². The molecule has 1 aliphatic rings. The van der Waals surface area contributed by atoms with Crippen LogP contribution in [0.4, 0.5) is 19.0 Å². The highest BCUT2D eigenvalue weighted by Gasteiger charge is 2.32. The van der Waals surface area contributed by atoms with Crippen molar-refractivity contribution in [1.29, 1.82) is 0 Å². The smallest absolute Gasteiger partial charge is 0.416 e. The number of anilines is 1. The second kappa shape index (κ2) is 7.11. The van der Waals surface area contributed by atoms with Crippen LogP contribution < -0.4 is 4.90 Å². The third kappa shape index (κ3) is 3.67. The summed E-state index contributed by atoms with van der Waals surface area (Å²) >= 11 is 0. The number of hydrogen-bond donors (Lipinski definition) is 1. The van der Waals surface area contributed by atoms with Gasteiger partial charge in [0, 0.05) is 24.0 Å². The van der Waals surface area contributed by atoms with Crippen LogP contribution in [-0.4, -0.2) is 50.8 Å². The number of benzene rings is 1. The summed E-state index contributed by atoms with van der Waals surface area (Å²) in [6, 6.07) is 4.41. The molecule has 1 aliphatic heterocycles. The zero-order valence-corrected chi connectivity index (χ0v) is 15.7. The summed E-state index contributed by atoms with van der Waals surface area (Å²) in [7, 11) is 0. The van der Waals surface area contributed by atoms with Crippen LogP contribution in [0.1, 0.15) is 19.4 Å². The van der Waals surface area contributed by atoms with Gasteiger partial charge in [0.15, 0.2) is 5.82 Å². The summed E-state index contributed by atoms with van der Waals surface area (Å²) in [4.78, 5) is 2.00. The van der Waals surface area contributed by atoms with Gasteiger partial charge in [-0.05, 0) is 38.1 Å². The monoisotopic (exact) mass is 405 g/mol. The van der Waals surface area contributed by atoms with Gasteiger partial charge < -0.3 is 14.7 Å². The molecule has 2 atom stereocenters. The average molecular weight is 405 g/mol. The Morgan fingerprint density at radius 2 is 1.79 bits per heavy atom. The first-order chi connectivity index (χ1) is 13.7. The molecule has 1 aromatic carbocycles. The van der Waals surface area contributed by atoms with E-state index in [1.165, 1.54) is 12.3 Å². The molecule has 3 aromatic rings. The van der Waals surface area contributed by atoms with Crippen molar-refractivity contribution in [3.8, 4) is 17.0 Å². The van der Waals surface area contributed by atoms with Gasteiger partial charge in [-0.25, -0.2) is 0 Å². The van der Waals surface area contributed by atoms with Crippen molar-refractivity contribution in [3.63, 3.8) is 0 Å². The number of hydrogen-bond acceptors (Lipinski definition) is 7. The topological polar surface area (TPSA) is 84.3 Å². The Bertz CT molecular complexity index is 1050. The van der Waals surface area contributed by atoms with Crippen molar-refractivity contribution in [2.24, 2.45) is 0 Å². The van der Waals surface area contributed by atoms with Crippen LogP contribution in [0.3, 0.4) is 0 Å². The summed E-state index contributed by atoms with van der Waals surface area (Å²) in [5, 5.41) is 27.4. The fourth-order valence-electron chi connectivity index (χ4n) is 3.56. The highest BCUT2D eigenvalue weighted by molar-refractivity contribution is 5.98. The summed E-state index contributed by atoms with van der Waals surface area (Å²) in [5.74, 6) is -0.0149. The van der Waals surface area contributed by atoms with Crippen molar-refractivity contribution in [1.82, 2.24) is 20.4 Å². The third-order valence-corrected chi connectivity index (χ3v) is 4.73. The number of rotatable bonds is 2. The molecule has 0 aliphatic carbocycles.